The SMILES string of the molecule is CCCCCCCOc1ccc2c(c1)[nH]c1cc(C#Cc3cc(F)c(F)c(F)c3)ccc12. The van der Waals surface area contributed by atoms with Gasteiger partial charge >= 0.3 is 0 Å². The predicted molar refractivity (Wildman–Crippen MR) is 122 cm³/mol. The normalized spacial score (nSPS) is 11.0. The number of aromatic nitrogens is 1. The zero-order valence-corrected chi connectivity index (χ0v) is 17.9. The molecular weight excluding hydrogens is 411 g/mol. The Kier molecular flexibility index (Phi) is 6.70. The van der Waals surface area contributed by atoms with Crippen molar-refractivity contribution in [3.05, 3.63) is 77.1 Å². The maximum atomic E-state index is 13.4. The first-order valence-electron chi connectivity index (χ1n) is 10.9. The van der Waals surface area contributed by atoms with Crippen LogP contribution in [0.4, 0.5) is 13.2 Å². The van der Waals surface area contributed by atoms with Gasteiger partial charge in [0.15, 0.2) is 17.5 Å². The minimum Gasteiger partial charge on any atom is -0.494 e. The van der Waals surface area contributed by atoms with Gasteiger partial charge in [0.1, 0.15) is 5.75 Å². The molecule has 164 valence electrons. The molecule has 0 aliphatic rings. The summed E-state index contributed by atoms with van der Waals surface area (Å²) in [6.45, 7) is 2.91. The number of hydrogen-bond donors (Lipinski definition) is 1. The van der Waals surface area contributed by atoms with Gasteiger partial charge in [-0.15, -0.1) is 0 Å². The molecule has 4 aromatic rings. The van der Waals surface area contributed by atoms with Gasteiger partial charge < -0.3 is 9.72 Å². The lowest BCUT2D eigenvalue weighted by atomic mass is 10.1. The van der Waals surface area contributed by atoms with Crippen molar-refractivity contribution in [2.75, 3.05) is 6.61 Å². The van der Waals surface area contributed by atoms with Gasteiger partial charge in [0, 0.05) is 33.5 Å². The Bertz CT molecular complexity index is 1290. The molecule has 1 heterocycles. The summed E-state index contributed by atoms with van der Waals surface area (Å²) >= 11 is 0. The van der Waals surface area contributed by atoms with E-state index in [1.54, 1.807) is 0 Å². The second-order valence-corrected chi connectivity index (χ2v) is 7.86. The van der Waals surface area contributed by atoms with Crippen LogP contribution in [0.3, 0.4) is 0 Å². The van der Waals surface area contributed by atoms with Crippen molar-refractivity contribution in [3.63, 3.8) is 0 Å². The summed E-state index contributed by atoms with van der Waals surface area (Å²) in [5.74, 6) is 2.41. The van der Waals surface area contributed by atoms with Crippen LogP contribution in [-0.2, 0) is 0 Å². The van der Waals surface area contributed by atoms with Gasteiger partial charge in [-0.1, -0.05) is 50.5 Å². The van der Waals surface area contributed by atoms with Crippen LogP contribution in [0.5, 0.6) is 5.75 Å². The highest BCUT2D eigenvalue weighted by molar-refractivity contribution is 6.07. The largest absolute Gasteiger partial charge is 0.494 e. The first-order valence-corrected chi connectivity index (χ1v) is 10.9. The molecule has 0 saturated carbocycles. The molecule has 0 spiro atoms. The fraction of sp³-hybridized carbons (Fsp3) is 0.259. The van der Waals surface area contributed by atoms with Crippen molar-refractivity contribution in [1.82, 2.24) is 4.98 Å². The molecule has 0 radical (unpaired) electrons. The summed E-state index contributed by atoms with van der Waals surface area (Å²) in [5.41, 5.74) is 2.63. The van der Waals surface area contributed by atoms with E-state index < -0.39 is 17.5 Å². The van der Waals surface area contributed by atoms with Crippen molar-refractivity contribution >= 4 is 21.8 Å². The molecule has 0 atom stereocenters. The van der Waals surface area contributed by atoms with Gasteiger partial charge in [-0.2, -0.15) is 0 Å². The first-order chi connectivity index (χ1) is 15.5. The molecule has 0 fully saturated rings. The van der Waals surface area contributed by atoms with E-state index in [1.807, 2.05) is 36.4 Å². The average molecular weight is 435 g/mol. The number of H-pyrrole nitrogens is 1. The van der Waals surface area contributed by atoms with E-state index in [-0.39, 0.29) is 5.56 Å². The molecule has 0 amide bonds. The van der Waals surface area contributed by atoms with Crippen LogP contribution in [0.1, 0.15) is 50.2 Å². The Balaban J connectivity index is 1.51. The molecule has 2 nitrogen and oxygen atoms in total. The van der Waals surface area contributed by atoms with Crippen molar-refractivity contribution < 1.29 is 17.9 Å². The molecule has 5 heteroatoms. The fourth-order valence-corrected chi connectivity index (χ4v) is 3.72. The maximum Gasteiger partial charge on any atom is 0.194 e. The Hall–Kier alpha value is -3.39. The van der Waals surface area contributed by atoms with Gasteiger partial charge in [0.05, 0.1) is 12.1 Å². The van der Waals surface area contributed by atoms with Gasteiger partial charge in [0.25, 0.3) is 0 Å². The lowest BCUT2D eigenvalue weighted by molar-refractivity contribution is 0.305. The Morgan fingerprint density at radius 2 is 1.41 bits per heavy atom. The molecule has 0 aliphatic heterocycles. The van der Waals surface area contributed by atoms with Crippen molar-refractivity contribution in [1.29, 1.82) is 0 Å². The molecule has 0 unspecified atom stereocenters. The quantitative estimate of drug-likeness (QED) is 0.182. The number of benzene rings is 3. The monoisotopic (exact) mass is 435 g/mol. The standard InChI is InChI=1S/C27H24F3NO/c1-2-3-4-5-6-13-32-20-10-12-22-21-11-9-18(16-25(21)31-26(22)17-20)7-8-19-14-23(28)27(30)24(29)15-19/h9-12,14-17,31H,2-6,13H2,1H3. The molecular formula is C27H24F3NO. The summed E-state index contributed by atoms with van der Waals surface area (Å²) in [7, 11) is 0. The first kappa shape index (κ1) is 21.8. The zero-order chi connectivity index (χ0) is 22.5. The van der Waals surface area contributed by atoms with E-state index in [0.29, 0.717) is 12.2 Å². The van der Waals surface area contributed by atoms with Crippen LogP contribution in [0.15, 0.2) is 48.5 Å². The topological polar surface area (TPSA) is 25.0 Å². The summed E-state index contributed by atoms with van der Waals surface area (Å²) in [6, 6.07) is 13.5. The van der Waals surface area contributed by atoms with Crippen LogP contribution in [0.2, 0.25) is 0 Å². The number of aromatic amines is 1. The molecule has 0 bridgehead atoms. The van der Waals surface area contributed by atoms with E-state index in [2.05, 4.69) is 23.7 Å². The molecule has 1 N–H and O–H groups in total. The molecule has 32 heavy (non-hydrogen) atoms. The van der Waals surface area contributed by atoms with E-state index in [0.717, 1.165) is 46.1 Å². The lowest BCUT2D eigenvalue weighted by Crippen LogP contribution is -1.97. The number of rotatable bonds is 7. The van der Waals surface area contributed by atoms with Crippen LogP contribution in [-0.4, -0.2) is 11.6 Å². The minimum atomic E-state index is -1.49. The maximum absolute atomic E-state index is 13.4. The number of nitrogens with one attached hydrogen (secondary N) is 1. The van der Waals surface area contributed by atoms with E-state index in [1.165, 1.54) is 25.7 Å². The Labute approximate surface area is 185 Å². The summed E-state index contributed by atoms with van der Waals surface area (Å²) in [6.07, 6.45) is 5.98. The van der Waals surface area contributed by atoms with E-state index in [4.69, 9.17) is 4.74 Å². The highest BCUT2D eigenvalue weighted by Crippen LogP contribution is 2.29. The Morgan fingerprint density at radius 1 is 0.750 bits per heavy atom. The van der Waals surface area contributed by atoms with Gasteiger partial charge in [-0.05, 0) is 42.8 Å². The second kappa shape index (κ2) is 9.82. The molecule has 0 aliphatic carbocycles. The number of hydrogen-bond acceptors (Lipinski definition) is 1. The van der Waals surface area contributed by atoms with Crippen LogP contribution >= 0.6 is 0 Å². The van der Waals surface area contributed by atoms with Gasteiger partial charge in [-0.3, -0.25) is 0 Å². The lowest BCUT2D eigenvalue weighted by Gasteiger charge is -2.06. The van der Waals surface area contributed by atoms with Gasteiger partial charge in [0.2, 0.25) is 0 Å². The van der Waals surface area contributed by atoms with E-state index in [9.17, 15) is 13.2 Å². The third-order valence-electron chi connectivity index (χ3n) is 5.42. The summed E-state index contributed by atoms with van der Waals surface area (Å²) < 4.78 is 45.7. The van der Waals surface area contributed by atoms with Crippen LogP contribution < -0.4 is 4.74 Å². The summed E-state index contributed by atoms with van der Waals surface area (Å²) in [5, 5.41) is 2.13. The van der Waals surface area contributed by atoms with Gasteiger partial charge in [-0.25, -0.2) is 13.2 Å². The molecule has 1 aromatic heterocycles. The minimum absolute atomic E-state index is 0.0784. The fourth-order valence-electron chi connectivity index (χ4n) is 3.72. The summed E-state index contributed by atoms with van der Waals surface area (Å²) in [4.78, 5) is 3.38. The molecule has 4 rings (SSSR count). The van der Waals surface area contributed by atoms with Crippen molar-refractivity contribution in [3.8, 4) is 17.6 Å². The average Bonchev–Trinajstić information content (AvgIpc) is 3.15. The van der Waals surface area contributed by atoms with Crippen molar-refractivity contribution in [2.45, 2.75) is 39.0 Å². The molecule has 3 aromatic carbocycles. The highest BCUT2D eigenvalue weighted by Gasteiger charge is 2.09. The predicted octanol–water partition coefficient (Wildman–Crippen LogP) is 7.49. The zero-order valence-electron chi connectivity index (χ0n) is 17.9. The number of unbranched alkanes of at least 4 members (excludes halogenated alkanes) is 4. The number of ether oxygens (including phenoxy) is 1. The second-order valence-electron chi connectivity index (χ2n) is 7.86. The highest BCUT2D eigenvalue weighted by atomic mass is 19.2. The Morgan fingerprint density at radius 3 is 2.16 bits per heavy atom. The molecule has 0 saturated heterocycles. The smallest absolute Gasteiger partial charge is 0.194 e. The third kappa shape index (κ3) is 4.91. The third-order valence-corrected chi connectivity index (χ3v) is 5.42. The number of halogens is 3. The van der Waals surface area contributed by atoms with Crippen molar-refractivity contribution in [2.24, 2.45) is 0 Å². The van der Waals surface area contributed by atoms with Crippen LogP contribution in [0.25, 0.3) is 21.8 Å². The number of fused-ring (bicyclic) bond motifs is 3. The van der Waals surface area contributed by atoms with E-state index >= 15 is 0 Å². The van der Waals surface area contributed by atoms with Crippen LogP contribution in [0, 0.1) is 29.3 Å².